The van der Waals surface area contributed by atoms with Crippen molar-refractivity contribution in [3.63, 3.8) is 0 Å². The average Bonchev–Trinajstić information content (AvgIpc) is 2.75. The Bertz CT molecular complexity index is 1030. The Balaban J connectivity index is 1.94. The van der Waals surface area contributed by atoms with Gasteiger partial charge in [-0.1, -0.05) is 61.9 Å². The third kappa shape index (κ3) is 4.30. The van der Waals surface area contributed by atoms with Crippen molar-refractivity contribution in [2.75, 3.05) is 0 Å². The fourth-order valence-corrected chi connectivity index (χ4v) is 3.52. The molecule has 0 bridgehead atoms. The van der Waals surface area contributed by atoms with Crippen molar-refractivity contribution < 1.29 is 17.6 Å². The molecule has 1 nitrogen and oxygen atoms in total. The van der Waals surface area contributed by atoms with E-state index in [1.54, 1.807) is 12.1 Å². The molecule has 6 heteroatoms. The third-order valence-electron chi connectivity index (χ3n) is 4.65. The summed E-state index contributed by atoms with van der Waals surface area (Å²) < 4.78 is 56.9. The number of rotatable bonds is 6. The van der Waals surface area contributed by atoms with Crippen molar-refractivity contribution in [3.05, 3.63) is 77.4 Å². The Labute approximate surface area is 171 Å². The van der Waals surface area contributed by atoms with E-state index in [9.17, 15) is 17.6 Å². The van der Waals surface area contributed by atoms with E-state index in [1.807, 2.05) is 24.3 Å². The smallest absolute Gasteiger partial charge is 0.177 e. The molecular weight excluding hydrogens is 398 g/mol. The van der Waals surface area contributed by atoms with Crippen molar-refractivity contribution >= 4 is 11.8 Å². The molecule has 0 heterocycles. The minimum Gasteiger partial charge on any atom is -0.203 e. The zero-order valence-corrected chi connectivity index (χ0v) is 16.4. The zero-order chi connectivity index (χ0) is 21.0. The van der Waals surface area contributed by atoms with E-state index >= 15 is 0 Å². The van der Waals surface area contributed by atoms with Gasteiger partial charge in [0.2, 0.25) is 0 Å². The van der Waals surface area contributed by atoms with Crippen LogP contribution in [0, 0.1) is 33.9 Å². The summed E-state index contributed by atoms with van der Waals surface area (Å²) in [7, 11) is 0. The molecule has 0 N–H and O–H groups in total. The van der Waals surface area contributed by atoms with Crippen LogP contribution in [0.5, 0.6) is 0 Å². The maximum absolute atomic E-state index is 14.4. The van der Waals surface area contributed by atoms with E-state index in [2.05, 4.69) is 6.92 Å². The first-order valence-corrected chi connectivity index (χ1v) is 9.91. The highest BCUT2D eigenvalue weighted by atomic mass is 32.2. The van der Waals surface area contributed by atoms with E-state index in [1.165, 1.54) is 23.1 Å². The summed E-state index contributed by atoms with van der Waals surface area (Å²) in [5.41, 5.74) is 2.20. The first-order chi connectivity index (χ1) is 14.0. The molecule has 3 rings (SSSR count). The van der Waals surface area contributed by atoms with E-state index in [4.69, 9.17) is 5.26 Å². The van der Waals surface area contributed by atoms with Crippen molar-refractivity contribution in [1.82, 2.24) is 0 Å². The Kier molecular flexibility index (Phi) is 6.60. The summed E-state index contributed by atoms with van der Waals surface area (Å²) in [5.74, 6) is -6.18. The quantitative estimate of drug-likeness (QED) is 0.180. The maximum atomic E-state index is 14.4. The largest absolute Gasteiger partial charge is 0.203 e. The van der Waals surface area contributed by atoms with Crippen LogP contribution in [-0.4, -0.2) is 0 Å². The summed E-state index contributed by atoms with van der Waals surface area (Å²) in [4.78, 5) is -0.981. The number of thioether (sulfide) groups is 1. The fraction of sp³-hybridized carbons (Fsp3) is 0.174. The summed E-state index contributed by atoms with van der Waals surface area (Å²) in [6, 6.07) is 14.1. The number of benzene rings is 3. The molecule has 0 aliphatic rings. The minimum atomic E-state index is -1.57. The van der Waals surface area contributed by atoms with Gasteiger partial charge in [-0.05, 0) is 46.9 Å². The van der Waals surface area contributed by atoms with Gasteiger partial charge >= 0.3 is 0 Å². The lowest BCUT2D eigenvalue weighted by molar-refractivity contribution is 0.430. The second kappa shape index (κ2) is 9.15. The van der Waals surface area contributed by atoms with E-state index in [-0.39, 0.29) is 17.3 Å². The first kappa shape index (κ1) is 20.9. The summed E-state index contributed by atoms with van der Waals surface area (Å²) in [5, 5.41) is 9.99. The highest BCUT2D eigenvalue weighted by Gasteiger charge is 2.26. The van der Waals surface area contributed by atoms with Crippen LogP contribution >= 0.6 is 11.8 Å². The Morgan fingerprint density at radius 2 is 1.24 bits per heavy atom. The summed E-state index contributed by atoms with van der Waals surface area (Å²) in [6.07, 6.45) is 3.24. The number of aryl methyl sites for hydroxylation is 1. The molecule has 0 unspecified atom stereocenters. The molecule has 3 aromatic rings. The predicted octanol–water partition coefficient (Wildman–Crippen LogP) is 7.49. The standard InChI is InChI=1S/C23H17F4NS/c1-2-3-4-14-5-7-15(8-6-14)16-9-11-17(12-10-16)18-19(24)21(26)23(29-13-28)22(27)20(18)25/h5-12H,2-4H2,1H3. The molecule has 0 aliphatic heterocycles. The Hall–Kier alpha value is -2.78. The van der Waals surface area contributed by atoms with Gasteiger partial charge in [0.25, 0.3) is 0 Å². The van der Waals surface area contributed by atoms with Gasteiger partial charge in [-0.15, -0.1) is 0 Å². The molecule has 0 amide bonds. The molecule has 0 radical (unpaired) electrons. The SMILES string of the molecule is CCCCc1ccc(-c2ccc(-c3c(F)c(F)c(SC#N)c(F)c3F)cc2)cc1. The average molecular weight is 415 g/mol. The normalized spacial score (nSPS) is 10.8. The number of unbranched alkanes of at least 4 members (excludes halogenated alkanes) is 1. The highest BCUT2D eigenvalue weighted by Crippen LogP contribution is 2.36. The molecule has 0 saturated carbocycles. The lowest BCUT2D eigenvalue weighted by Gasteiger charge is -2.11. The van der Waals surface area contributed by atoms with Crippen LogP contribution in [0.4, 0.5) is 17.6 Å². The topological polar surface area (TPSA) is 23.8 Å². The highest BCUT2D eigenvalue weighted by molar-refractivity contribution is 8.03. The lowest BCUT2D eigenvalue weighted by atomic mass is 9.98. The fourth-order valence-electron chi connectivity index (χ4n) is 3.07. The number of hydrogen-bond acceptors (Lipinski definition) is 2. The van der Waals surface area contributed by atoms with Gasteiger partial charge in [-0.25, -0.2) is 17.6 Å². The first-order valence-electron chi connectivity index (χ1n) is 9.09. The molecule has 0 aromatic heterocycles. The third-order valence-corrected chi connectivity index (χ3v) is 5.30. The second-order valence-corrected chi connectivity index (χ2v) is 7.33. The zero-order valence-electron chi connectivity index (χ0n) is 15.6. The number of nitriles is 1. The van der Waals surface area contributed by atoms with Gasteiger partial charge in [0.1, 0.15) is 5.40 Å². The van der Waals surface area contributed by atoms with Crippen LogP contribution in [0.3, 0.4) is 0 Å². The molecule has 29 heavy (non-hydrogen) atoms. The summed E-state index contributed by atoms with van der Waals surface area (Å²) >= 11 is 0.0419. The van der Waals surface area contributed by atoms with Crippen molar-refractivity contribution in [3.8, 4) is 27.7 Å². The molecule has 0 aliphatic carbocycles. The van der Waals surface area contributed by atoms with Crippen LogP contribution in [0.25, 0.3) is 22.3 Å². The molecule has 0 saturated heterocycles. The molecule has 0 spiro atoms. The number of thiocyanates is 1. The van der Waals surface area contributed by atoms with Gasteiger partial charge in [0.05, 0.1) is 10.5 Å². The lowest BCUT2D eigenvalue weighted by Crippen LogP contribution is -2.02. The van der Waals surface area contributed by atoms with Crippen LogP contribution < -0.4 is 0 Å². The molecule has 0 atom stereocenters. The second-order valence-electron chi connectivity index (χ2n) is 6.53. The molecular formula is C23H17F4NS. The van der Waals surface area contributed by atoms with Crippen molar-refractivity contribution in [2.24, 2.45) is 0 Å². The molecule has 148 valence electrons. The van der Waals surface area contributed by atoms with Gasteiger partial charge < -0.3 is 0 Å². The van der Waals surface area contributed by atoms with Gasteiger partial charge in [0, 0.05) is 0 Å². The number of hydrogen-bond donors (Lipinski definition) is 0. The monoisotopic (exact) mass is 415 g/mol. The summed E-state index contributed by atoms with van der Waals surface area (Å²) in [6.45, 7) is 2.13. The minimum absolute atomic E-state index is 0.00891. The molecule has 0 fully saturated rings. The Morgan fingerprint density at radius 3 is 1.72 bits per heavy atom. The maximum Gasteiger partial charge on any atom is 0.177 e. The van der Waals surface area contributed by atoms with E-state index in [0.29, 0.717) is 0 Å². The van der Waals surface area contributed by atoms with Crippen molar-refractivity contribution in [2.45, 2.75) is 31.1 Å². The van der Waals surface area contributed by atoms with Gasteiger partial charge in [-0.3, -0.25) is 0 Å². The predicted molar refractivity (Wildman–Crippen MR) is 107 cm³/mol. The Morgan fingerprint density at radius 1 is 0.759 bits per heavy atom. The van der Waals surface area contributed by atoms with Gasteiger partial charge in [0.15, 0.2) is 23.3 Å². The van der Waals surface area contributed by atoms with Crippen LogP contribution in [0.15, 0.2) is 53.4 Å². The molecule has 3 aromatic carbocycles. The van der Waals surface area contributed by atoms with E-state index < -0.39 is 33.7 Å². The van der Waals surface area contributed by atoms with E-state index in [0.717, 1.165) is 30.4 Å². The van der Waals surface area contributed by atoms with Crippen LogP contribution in [0.1, 0.15) is 25.3 Å². The van der Waals surface area contributed by atoms with Gasteiger partial charge in [-0.2, -0.15) is 5.26 Å². The van der Waals surface area contributed by atoms with Crippen molar-refractivity contribution in [1.29, 1.82) is 5.26 Å². The number of nitrogens with zero attached hydrogens (tertiary/aromatic N) is 1. The number of halogens is 4. The van der Waals surface area contributed by atoms with Crippen LogP contribution in [0.2, 0.25) is 0 Å². The van der Waals surface area contributed by atoms with Crippen LogP contribution in [-0.2, 0) is 6.42 Å².